The molecule has 0 unspecified atom stereocenters. The second-order valence-electron chi connectivity index (χ2n) is 14.0. The van der Waals surface area contributed by atoms with Gasteiger partial charge in [0.05, 0.1) is 67.9 Å². The van der Waals surface area contributed by atoms with Crippen molar-refractivity contribution in [1.29, 1.82) is 0 Å². The van der Waals surface area contributed by atoms with E-state index < -0.39 is 0 Å². The second kappa shape index (κ2) is 16.1. The number of ether oxygens (including phenoxy) is 4. The molecule has 2 aliphatic rings. The van der Waals surface area contributed by atoms with E-state index in [1.54, 1.807) is 28.4 Å². The van der Waals surface area contributed by atoms with Crippen LogP contribution in [-0.2, 0) is 23.5 Å². The van der Waals surface area contributed by atoms with E-state index in [9.17, 15) is 0 Å². The zero-order valence-electron chi connectivity index (χ0n) is 33.1. The van der Waals surface area contributed by atoms with Crippen molar-refractivity contribution in [3.05, 3.63) is 144 Å². The van der Waals surface area contributed by atoms with Gasteiger partial charge >= 0.3 is 0 Å². The smallest absolute Gasteiger partial charge is 0.119 e. The molecule has 3 aromatic heterocycles. The van der Waals surface area contributed by atoms with Crippen LogP contribution in [0.4, 0.5) is 0 Å². The van der Waals surface area contributed by atoms with Crippen LogP contribution in [-0.4, -0.2) is 43.0 Å². The molecule has 2 N–H and O–H groups in total. The molecule has 8 bridgehead atoms. The first-order valence-corrected chi connectivity index (χ1v) is 18.8. The van der Waals surface area contributed by atoms with Crippen LogP contribution in [0.15, 0.2) is 121 Å². The fourth-order valence-corrected chi connectivity index (χ4v) is 7.86. The maximum absolute atomic E-state index is 7.05. The molecule has 0 aliphatic carbocycles. The summed E-state index contributed by atoms with van der Waals surface area (Å²) in [5.74, 6) is 2.90. The molecule has 0 atom stereocenters. The van der Waals surface area contributed by atoms with Gasteiger partial charge in [0.1, 0.15) is 23.0 Å². The Morgan fingerprint density at radius 3 is 1.37 bits per heavy atom. The molecule has 0 saturated heterocycles. The maximum atomic E-state index is 7.05. The average molecular weight is 822 g/mol. The number of hydrogen-bond acceptors (Lipinski definition) is 7. The largest absolute Gasteiger partial charge is 0.657 e. The van der Waals surface area contributed by atoms with Crippen LogP contribution in [0.2, 0.25) is 0 Å². The summed E-state index contributed by atoms with van der Waals surface area (Å²) in [5.41, 5.74) is 20.8. The van der Waals surface area contributed by atoms with Gasteiger partial charge in [-0.3, -0.25) is 0 Å². The summed E-state index contributed by atoms with van der Waals surface area (Å²) in [6.07, 6.45) is 6.08. The molecule has 0 fully saturated rings. The number of hydrogen-bond donors (Lipinski definition) is 1. The van der Waals surface area contributed by atoms with Gasteiger partial charge in [0.2, 0.25) is 0 Å². The summed E-state index contributed by atoms with van der Waals surface area (Å²) >= 11 is 0. The Morgan fingerprint density at radius 1 is 0.492 bits per heavy atom. The number of nitrogens with zero attached hydrogens (tertiary/aromatic N) is 4. The zero-order valence-corrected chi connectivity index (χ0v) is 34.1. The van der Waals surface area contributed by atoms with Gasteiger partial charge in [0, 0.05) is 34.7 Å². The summed E-state index contributed by atoms with van der Waals surface area (Å²) < 4.78 is 25.0. The van der Waals surface area contributed by atoms with Crippen molar-refractivity contribution in [3.63, 3.8) is 0 Å². The van der Waals surface area contributed by atoms with Crippen molar-refractivity contribution in [2.24, 2.45) is 12.8 Å². The van der Waals surface area contributed by atoms with Gasteiger partial charge in [-0.25, -0.2) is 9.97 Å². The first kappa shape index (κ1) is 38.8. The van der Waals surface area contributed by atoms with E-state index in [1.807, 2.05) is 97.1 Å². The third-order valence-electron chi connectivity index (χ3n) is 10.7. The maximum Gasteiger partial charge on any atom is 0.119 e. The van der Waals surface area contributed by atoms with E-state index in [1.165, 1.54) is 0 Å². The number of rotatable bonds is 8. The van der Waals surface area contributed by atoms with E-state index in [0.717, 1.165) is 89.7 Å². The molecular formula is C49H40N5NiO4-. The SMILES string of the molecule is COc1cccc(-c2c3nc(c(-c4cccc(OC)c4)c4ccc(c(-c5cccc(OC)c5)c5nc(c(-c6cccc(OC)c6)c6ccc2[n-]6)C(N)=C5)n4C)C=C3)c1.[Ni]. The Morgan fingerprint density at radius 2 is 0.898 bits per heavy atom. The Balaban J connectivity index is 0.00000484. The quantitative estimate of drug-likeness (QED) is 0.151. The molecule has 0 saturated carbocycles. The Kier molecular flexibility index (Phi) is 10.6. The number of methoxy groups -OCH3 is 4. The number of nitrogens with two attached hydrogens (primary N) is 1. The zero-order chi connectivity index (χ0) is 39.9. The molecule has 7 aromatic rings. The molecule has 4 aromatic carbocycles. The third-order valence-corrected chi connectivity index (χ3v) is 10.7. The summed E-state index contributed by atoms with van der Waals surface area (Å²) in [6.45, 7) is 0. The minimum atomic E-state index is 0. The fraction of sp³-hybridized carbons (Fsp3) is 0.102. The Labute approximate surface area is 352 Å². The summed E-state index contributed by atoms with van der Waals surface area (Å²) in [4.78, 5) is 16.2. The van der Waals surface area contributed by atoms with Crippen molar-refractivity contribution < 1.29 is 35.4 Å². The van der Waals surface area contributed by atoms with Crippen LogP contribution in [0.3, 0.4) is 0 Å². The Hall–Kier alpha value is -7.03. The third kappa shape index (κ3) is 7.02. The number of fused-ring (bicyclic) bond motifs is 8. The molecular weight excluding hydrogens is 781 g/mol. The molecule has 0 spiro atoms. The molecule has 296 valence electrons. The number of benzene rings is 4. The minimum absolute atomic E-state index is 0. The van der Waals surface area contributed by atoms with Crippen molar-refractivity contribution in [2.45, 2.75) is 0 Å². The summed E-state index contributed by atoms with van der Waals surface area (Å²) in [6, 6.07) is 40.3. The molecule has 0 radical (unpaired) electrons. The molecule has 0 amide bonds. The van der Waals surface area contributed by atoms with Crippen molar-refractivity contribution >= 4 is 46.0 Å². The van der Waals surface area contributed by atoms with Crippen LogP contribution < -0.4 is 29.7 Å². The van der Waals surface area contributed by atoms with Crippen LogP contribution in [0.25, 0.3) is 90.5 Å². The van der Waals surface area contributed by atoms with Crippen LogP contribution in [0.1, 0.15) is 22.8 Å². The van der Waals surface area contributed by atoms with E-state index in [0.29, 0.717) is 28.4 Å². The van der Waals surface area contributed by atoms with Crippen LogP contribution >= 0.6 is 0 Å². The van der Waals surface area contributed by atoms with Gasteiger partial charge in [0.15, 0.2) is 0 Å². The average Bonchev–Trinajstić information content (AvgIpc) is 4.08. The number of aromatic nitrogens is 4. The van der Waals surface area contributed by atoms with Crippen LogP contribution in [0.5, 0.6) is 23.0 Å². The predicted octanol–water partition coefficient (Wildman–Crippen LogP) is 10.3. The second-order valence-corrected chi connectivity index (χ2v) is 14.0. The van der Waals surface area contributed by atoms with E-state index in [4.69, 9.17) is 39.6 Å². The van der Waals surface area contributed by atoms with Gasteiger partial charge in [0.25, 0.3) is 0 Å². The normalized spacial score (nSPS) is 11.8. The van der Waals surface area contributed by atoms with Gasteiger partial charge in [-0.05, 0) is 112 Å². The van der Waals surface area contributed by atoms with Crippen molar-refractivity contribution in [1.82, 2.24) is 19.5 Å². The Bertz CT molecular complexity index is 3000. The van der Waals surface area contributed by atoms with E-state index in [-0.39, 0.29) is 16.5 Å². The van der Waals surface area contributed by atoms with E-state index in [2.05, 4.69) is 54.1 Å². The first-order valence-electron chi connectivity index (χ1n) is 18.8. The number of aryl methyl sites for hydroxylation is 1. The minimum Gasteiger partial charge on any atom is -0.657 e. The molecule has 2 aliphatic heterocycles. The fourth-order valence-electron chi connectivity index (χ4n) is 7.86. The van der Waals surface area contributed by atoms with Crippen molar-refractivity contribution in [3.8, 4) is 67.5 Å². The van der Waals surface area contributed by atoms with Gasteiger partial charge in [-0.2, -0.15) is 0 Å². The van der Waals surface area contributed by atoms with Crippen molar-refractivity contribution in [2.75, 3.05) is 28.4 Å². The topological polar surface area (TPSA) is 108 Å². The van der Waals surface area contributed by atoms with Gasteiger partial charge in [-0.15, -0.1) is 11.0 Å². The summed E-state index contributed by atoms with van der Waals surface area (Å²) in [7, 11) is 8.75. The first-order chi connectivity index (χ1) is 28.4. The van der Waals surface area contributed by atoms with Gasteiger partial charge in [-0.1, -0.05) is 60.7 Å². The monoisotopic (exact) mass is 820 g/mol. The molecule has 5 heterocycles. The molecule has 9 rings (SSSR count). The summed E-state index contributed by atoms with van der Waals surface area (Å²) in [5, 5.41) is 0. The molecule has 10 heteroatoms. The predicted molar refractivity (Wildman–Crippen MR) is 234 cm³/mol. The molecule has 9 nitrogen and oxygen atoms in total. The van der Waals surface area contributed by atoms with Gasteiger partial charge < -0.3 is 34.2 Å². The molecule has 59 heavy (non-hydrogen) atoms. The standard InChI is InChI=1S/C49H40N5O4.Ni/c1-54-43-22-23-44(54)47(31-12-8-16-35(26-31)57-4)42-28-37(50)49(53-42)48(32-13-9-17-36(27-32)58-5)41-21-19-39(52-41)45(29-10-6-14-33(24-29)55-2)38-18-20-40(51-38)46(43)30-11-7-15-34(25-30)56-3;/h6-28H,50H2,1-5H3;/q-1;. The van der Waals surface area contributed by atoms with Crippen LogP contribution in [0, 0.1) is 0 Å². The van der Waals surface area contributed by atoms with E-state index >= 15 is 0 Å².